The van der Waals surface area contributed by atoms with Gasteiger partial charge in [-0.2, -0.15) is 5.11 Å². The van der Waals surface area contributed by atoms with Gasteiger partial charge in [-0.1, -0.05) is 34.1 Å². The maximum absolute atomic E-state index is 5.99. The van der Waals surface area contributed by atoms with E-state index in [1.807, 2.05) is 54.7 Å². The third kappa shape index (κ3) is 3.83. The van der Waals surface area contributed by atoms with Crippen molar-refractivity contribution >= 4 is 48.9 Å². The molecule has 2 N–H and O–H groups in total. The molecular formula is C17H12Br2N4. The quantitative estimate of drug-likeness (QED) is 0.392. The van der Waals surface area contributed by atoms with Crippen molar-refractivity contribution < 1.29 is 0 Å². The zero-order valence-corrected chi connectivity index (χ0v) is 15.1. The number of nitrogens with zero attached hydrogens (tertiary/aromatic N) is 3. The largest absolute Gasteiger partial charge is 0.396 e. The Morgan fingerprint density at radius 3 is 2.39 bits per heavy atom. The first-order chi connectivity index (χ1) is 11.1. The predicted octanol–water partition coefficient (Wildman–Crippen LogP) is 6.27. The fourth-order valence-electron chi connectivity index (χ4n) is 2.02. The molecule has 3 rings (SSSR count). The van der Waals surface area contributed by atoms with E-state index >= 15 is 0 Å². The molecular weight excluding hydrogens is 420 g/mol. The Kier molecular flexibility index (Phi) is 4.83. The highest BCUT2D eigenvalue weighted by Crippen LogP contribution is 2.35. The van der Waals surface area contributed by atoms with E-state index in [-0.39, 0.29) is 0 Å². The molecule has 0 saturated carbocycles. The van der Waals surface area contributed by atoms with E-state index < -0.39 is 0 Å². The minimum absolute atomic E-state index is 0.559. The predicted molar refractivity (Wildman–Crippen MR) is 100 cm³/mol. The Bertz CT molecular complexity index is 846. The second-order valence-electron chi connectivity index (χ2n) is 4.81. The van der Waals surface area contributed by atoms with Gasteiger partial charge in [0.05, 0.1) is 11.4 Å². The number of pyridine rings is 1. The molecule has 0 fully saturated rings. The van der Waals surface area contributed by atoms with Crippen LogP contribution in [0.5, 0.6) is 0 Å². The van der Waals surface area contributed by atoms with Gasteiger partial charge in [-0.05, 0) is 57.4 Å². The standard InChI is InChI=1S/C17H12Br2N4/c18-13-8-15(19)17(20)16(9-13)23-22-14-5-3-11(4-6-14)12-2-1-7-21-10-12/h1-10H,20H2. The summed E-state index contributed by atoms with van der Waals surface area (Å²) in [6.07, 6.45) is 3.59. The SMILES string of the molecule is Nc1c(Br)cc(Br)cc1N=Nc1ccc(-c2cccnc2)cc1. The average Bonchev–Trinajstić information content (AvgIpc) is 2.58. The molecule has 114 valence electrons. The zero-order chi connectivity index (χ0) is 16.2. The fraction of sp³-hybridized carbons (Fsp3) is 0. The Labute approximate surface area is 150 Å². The number of rotatable bonds is 3. The summed E-state index contributed by atoms with van der Waals surface area (Å²) < 4.78 is 1.67. The first-order valence-electron chi connectivity index (χ1n) is 6.80. The molecule has 4 nitrogen and oxygen atoms in total. The van der Waals surface area contributed by atoms with Gasteiger partial charge >= 0.3 is 0 Å². The van der Waals surface area contributed by atoms with Gasteiger partial charge in [0.2, 0.25) is 0 Å². The van der Waals surface area contributed by atoms with Crippen LogP contribution in [-0.4, -0.2) is 4.98 Å². The summed E-state index contributed by atoms with van der Waals surface area (Å²) in [6.45, 7) is 0. The number of anilines is 1. The smallest absolute Gasteiger partial charge is 0.111 e. The average molecular weight is 432 g/mol. The molecule has 0 aliphatic heterocycles. The Morgan fingerprint density at radius 2 is 1.70 bits per heavy atom. The second kappa shape index (κ2) is 7.02. The summed E-state index contributed by atoms with van der Waals surface area (Å²) in [7, 11) is 0. The van der Waals surface area contributed by atoms with Crippen LogP contribution >= 0.6 is 31.9 Å². The summed E-state index contributed by atoms with van der Waals surface area (Å²) in [6, 6.07) is 15.4. The number of halogens is 2. The molecule has 0 atom stereocenters. The number of hydrogen-bond donors (Lipinski definition) is 1. The van der Waals surface area contributed by atoms with Gasteiger partial charge in [-0.3, -0.25) is 4.98 Å². The summed E-state index contributed by atoms with van der Waals surface area (Å²) in [5.74, 6) is 0. The summed E-state index contributed by atoms with van der Waals surface area (Å²) in [4.78, 5) is 4.12. The van der Waals surface area contributed by atoms with Crippen molar-refractivity contribution in [1.29, 1.82) is 0 Å². The van der Waals surface area contributed by atoms with Crippen molar-refractivity contribution in [2.45, 2.75) is 0 Å². The fourth-order valence-corrected chi connectivity index (χ4v) is 3.22. The van der Waals surface area contributed by atoms with Crippen LogP contribution in [0, 0.1) is 0 Å². The van der Waals surface area contributed by atoms with E-state index in [0.29, 0.717) is 11.4 Å². The molecule has 0 spiro atoms. The first kappa shape index (κ1) is 15.8. The number of benzene rings is 2. The van der Waals surface area contributed by atoms with Gasteiger partial charge in [-0.15, -0.1) is 5.11 Å². The van der Waals surface area contributed by atoms with Crippen LogP contribution in [0.4, 0.5) is 17.1 Å². The van der Waals surface area contributed by atoms with Crippen LogP contribution in [0.15, 0.2) is 80.1 Å². The van der Waals surface area contributed by atoms with Gasteiger partial charge in [-0.25, -0.2) is 0 Å². The van der Waals surface area contributed by atoms with Crippen molar-refractivity contribution in [1.82, 2.24) is 4.98 Å². The van der Waals surface area contributed by atoms with Crippen LogP contribution in [0.25, 0.3) is 11.1 Å². The van der Waals surface area contributed by atoms with Crippen LogP contribution in [0.2, 0.25) is 0 Å². The van der Waals surface area contributed by atoms with Crippen molar-refractivity contribution in [3.8, 4) is 11.1 Å². The highest BCUT2D eigenvalue weighted by atomic mass is 79.9. The van der Waals surface area contributed by atoms with Crippen LogP contribution in [0.3, 0.4) is 0 Å². The second-order valence-corrected chi connectivity index (χ2v) is 6.58. The normalized spacial score (nSPS) is 11.0. The Hall–Kier alpha value is -2.05. The zero-order valence-electron chi connectivity index (χ0n) is 11.9. The summed E-state index contributed by atoms with van der Waals surface area (Å²) >= 11 is 6.81. The summed E-state index contributed by atoms with van der Waals surface area (Å²) in [5.41, 5.74) is 10.1. The van der Waals surface area contributed by atoms with E-state index in [4.69, 9.17) is 5.73 Å². The maximum Gasteiger partial charge on any atom is 0.111 e. The van der Waals surface area contributed by atoms with E-state index in [2.05, 4.69) is 47.1 Å². The first-order valence-corrected chi connectivity index (χ1v) is 8.39. The molecule has 0 radical (unpaired) electrons. The Morgan fingerprint density at radius 1 is 0.913 bits per heavy atom. The molecule has 0 amide bonds. The van der Waals surface area contributed by atoms with E-state index in [9.17, 15) is 0 Å². The van der Waals surface area contributed by atoms with E-state index in [0.717, 1.165) is 25.8 Å². The highest BCUT2D eigenvalue weighted by Gasteiger charge is 2.04. The molecule has 1 aromatic heterocycles. The molecule has 0 aliphatic carbocycles. The molecule has 6 heteroatoms. The lowest BCUT2D eigenvalue weighted by Gasteiger charge is -2.03. The van der Waals surface area contributed by atoms with Gasteiger partial charge in [0.25, 0.3) is 0 Å². The van der Waals surface area contributed by atoms with Crippen LogP contribution in [0.1, 0.15) is 0 Å². The number of azo groups is 1. The molecule has 2 aromatic carbocycles. The Balaban J connectivity index is 1.84. The summed E-state index contributed by atoms with van der Waals surface area (Å²) in [5, 5.41) is 8.47. The molecule has 0 bridgehead atoms. The monoisotopic (exact) mass is 430 g/mol. The molecule has 0 saturated heterocycles. The number of nitrogens with two attached hydrogens (primary N) is 1. The third-order valence-corrected chi connectivity index (χ3v) is 4.32. The van der Waals surface area contributed by atoms with Crippen molar-refractivity contribution in [3.05, 3.63) is 69.9 Å². The molecule has 23 heavy (non-hydrogen) atoms. The number of hydrogen-bond acceptors (Lipinski definition) is 4. The maximum atomic E-state index is 5.99. The topological polar surface area (TPSA) is 63.6 Å². The van der Waals surface area contributed by atoms with Crippen molar-refractivity contribution in [3.63, 3.8) is 0 Å². The molecule has 1 heterocycles. The minimum Gasteiger partial charge on any atom is -0.396 e. The number of aromatic nitrogens is 1. The lowest BCUT2D eigenvalue weighted by molar-refractivity contribution is 1.23. The van der Waals surface area contributed by atoms with Crippen molar-refractivity contribution in [2.75, 3.05) is 5.73 Å². The number of nitrogen functional groups attached to an aromatic ring is 1. The molecule has 0 unspecified atom stereocenters. The van der Waals surface area contributed by atoms with Gasteiger partial charge < -0.3 is 5.73 Å². The van der Waals surface area contributed by atoms with E-state index in [1.54, 1.807) is 6.20 Å². The van der Waals surface area contributed by atoms with Crippen LogP contribution < -0.4 is 5.73 Å². The van der Waals surface area contributed by atoms with Gasteiger partial charge in [0, 0.05) is 21.3 Å². The van der Waals surface area contributed by atoms with Gasteiger partial charge in [0.15, 0.2) is 0 Å². The van der Waals surface area contributed by atoms with Crippen LogP contribution in [-0.2, 0) is 0 Å². The highest BCUT2D eigenvalue weighted by molar-refractivity contribution is 9.11. The third-order valence-electron chi connectivity index (χ3n) is 3.21. The lowest BCUT2D eigenvalue weighted by Crippen LogP contribution is -1.87. The molecule has 3 aromatic rings. The van der Waals surface area contributed by atoms with Crippen molar-refractivity contribution in [2.24, 2.45) is 10.2 Å². The lowest BCUT2D eigenvalue weighted by atomic mass is 10.1. The minimum atomic E-state index is 0.559. The molecule has 0 aliphatic rings. The van der Waals surface area contributed by atoms with E-state index in [1.165, 1.54) is 0 Å². The van der Waals surface area contributed by atoms with Gasteiger partial charge in [0.1, 0.15) is 5.69 Å².